The summed E-state index contributed by atoms with van der Waals surface area (Å²) in [5.74, 6) is 0. The first-order valence-corrected chi connectivity index (χ1v) is 3.64. The molecule has 5 heteroatoms. The average Bonchev–Trinajstić information content (AvgIpc) is 1.90. The molecule has 11 heavy (non-hydrogen) atoms. The van der Waals surface area contributed by atoms with Gasteiger partial charge in [-0.15, -0.1) is 0 Å². The zero-order valence-corrected chi connectivity index (χ0v) is 9.70. The van der Waals surface area contributed by atoms with E-state index in [4.69, 9.17) is 14.4 Å². The molecule has 0 atom stereocenters. The second kappa shape index (κ2) is 9.86. The standard InChI is InChI=1S/C6H6.HO3P.Zn/c1-2-4-6-5-3-1;1-4(2)3;/h1-6H;(H,1,2,3);/q;;+2/p-1. The third kappa shape index (κ3) is 17.7. The van der Waals surface area contributed by atoms with Crippen LogP contribution in [0.3, 0.4) is 0 Å². The quantitative estimate of drug-likeness (QED) is 0.460. The Bertz CT molecular complexity index is 150. The molecule has 1 rings (SSSR count). The molecular weight excluding hydrogens is 216 g/mol. The Morgan fingerprint density at radius 1 is 0.818 bits per heavy atom. The summed E-state index contributed by atoms with van der Waals surface area (Å²) in [7, 11) is -3.37. The van der Waals surface area contributed by atoms with Crippen molar-refractivity contribution < 1.29 is 33.8 Å². The first-order chi connectivity index (χ1) is 4.73. The molecule has 0 N–H and O–H groups in total. The van der Waals surface area contributed by atoms with Gasteiger partial charge in [-0.1, -0.05) is 41.0 Å². The van der Waals surface area contributed by atoms with Crippen molar-refractivity contribution in [3.05, 3.63) is 36.4 Å². The minimum atomic E-state index is -3.37. The van der Waals surface area contributed by atoms with E-state index in [-0.39, 0.29) is 19.5 Å². The average molecular weight is 222 g/mol. The van der Waals surface area contributed by atoms with Crippen LogP contribution in [0.25, 0.3) is 0 Å². The van der Waals surface area contributed by atoms with Crippen molar-refractivity contribution >= 4 is 8.25 Å². The fourth-order valence-electron chi connectivity index (χ4n) is 0.385. The Hall–Kier alpha value is -0.137. The Morgan fingerprint density at radius 2 is 0.909 bits per heavy atom. The van der Waals surface area contributed by atoms with Gasteiger partial charge in [0.15, 0.2) is 0 Å². The van der Waals surface area contributed by atoms with Crippen LogP contribution in [-0.2, 0) is 24.0 Å². The maximum absolute atomic E-state index is 8.48. The zero-order valence-electron chi connectivity index (χ0n) is 5.84. The third-order valence-electron chi connectivity index (χ3n) is 0.667. The van der Waals surface area contributed by atoms with E-state index in [1.807, 2.05) is 36.4 Å². The van der Waals surface area contributed by atoms with Crippen molar-refractivity contribution in [1.82, 2.24) is 0 Å². The minimum Gasteiger partial charge on any atom is -0.598 e. The van der Waals surface area contributed by atoms with Crippen molar-refractivity contribution in [3.63, 3.8) is 0 Å². The van der Waals surface area contributed by atoms with Crippen LogP contribution >= 0.6 is 8.25 Å². The third-order valence-corrected chi connectivity index (χ3v) is 0.667. The molecule has 0 aliphatic heterocycles. The van der Waals surface area contributed by atoms with Gasteiger partial charge in [0.2, 0.25) is 0 Å². The van der Waals surface area contributed by atoms with Crippen molar-refractivity contribution in [2.45, 2.75) is 0 Å². The number of benzene rings is 1. The molecule has 1 aromatic carbocycles. The molecule has 0 bridgehead atoms. The van der Waals surface area contributed by atoms with Gasteiger partial charge < -0.3 is 9.79 Å². The van der Waals surface area contributed by atoms with E-state index in [0.717, 1.165) is 0 Å². The van der Waals surface area contributed by atoms with E-state index in [9.17, 15) is 0 Å². The molecule has 0 aromatic heterocycles. The normalized spacial score (nSPS) is 6.73. The fraction of sp³-hybridized carbons (Fsp3) is 0. The van der Waals surface area contributed by atoms with Gasteiger partial charge in [-0.2, -0.15) is 0 Å². The van der Waals surface area contributed by atoms with Crippen LogP contribution in [0, 0.1) is 0 Å². The van der Waals surface area contributed by atoms with Crippen LogP contribution in [0.2, 0.25) is 0 Å². The molecule has 0 heterocycles. The summed E-state index contributed by atoms with van der Waals surface area (Å²) in [5.41, 5.74) is 0. The molecule has 0 amide bonds. The van der Waals surface area contributed by atoms with Crippen LogP contribution < -0.4 is 9.79 Å². The van der Waals surface area contributed by atoms with Crippen LogP contribution in [-0.4, -0.2) is 0 Å². The minimum absolute atomic E-state index is 0. The maximum Gasteiger partial charge on any atom is 2.00 e. The SMILES string of the molecule is O=[P+]([O-])[O-].[Zn+2].c1ccccc1. The van der Waals surface area contributed by atoms with Gasteiger partial charge in [-0.25, -0.2) is 0 Å². The first-order valence-electron chi connectivity index (χ1n) is 2.55. The van der Waals surface area contributed by atoms with Gasteiger partial charge in [-0.3, -0.25) is 0 Å². The smallest absolute Gasteiger partial charge is 0.598 e. The summed E-state index contributed by atoms with van der Waals surface area (Å²) in [4.78, 5) is 17.0. The van der Waals surface area contributed by atoms with Gasteiger partial charge in [-0.05, 0) is 0 Å². The Kier molecular flexibility index (Phi) is 12.1. The van der Waals surface area contributed by atoms with Crippen molar-refractivity contribution in [3.8, 4) is 0 Å². The van der Waals surface area contributed by atoms with Crippen LogP contribution in [0.5, 0.6) is 0 Å². The number of rotatable bonds is 0. The van der Waals surface area contributed by atoms with E-state index in [1.165, 1.54) is 0 Å². The second-order valence-electron chi connectivity index (χ2n) is 1.38. The monoisotopic (exact) mass is 221 g/mol. The van der Waals surface area contributed by atoms with Gasteiger partial charge in [0.25, 0.3) is 8.25 Å². The molecule has 0 fully saturated rings. The van der Waals surface area contributed by atoms with E-state index in [2.05, 4.69) is 0 Å². The molecule has 0 unspecified atom stereocenters. The van der Waals surface area contributed by atoms with Crippen molar-refractivity contribution in [2.75, 3.05) is 0 Å². The second-order valence-corrected chi connectivity index (χ2v) is 1.83. The first kappa shape index (κ1) is 13.5. The largest absolute Gasteiger partial charge is 2.00 e. The molecule has 0 radical (unpaired) electrons. The van der Waals surface area contributed by atoms with Crippen molar-refractivity contribution in [2.24, 2.45) is 0 Å². The summed E-state index contributed by atoms with van der Waals surface area (Å²) >= 11 is 0. The van der Waals surface area contributed by atoms with Crippen LogP contribution in [0.15, 0.2) is 36.4 Å². The molecule has 0 saturated heterocycles. The number of hydrogen-bond acceptors (Lipinski definition) is 3. The zero-order chi connectivity index (χ0) is 7.82. The molecule has 54 valence electrons. The summed E-state index contributed by atoms with van der Waals surface area (Å²) in [6, 6.07) is 12.0. The summed E-state index contributed by atoms with van der Waals surface area (Å²) in [5, 5.41) is 0. The summed E-state index contributed by atoms with van der Waals surface area (Å²) in [6.45, 7) is 0. The Balaban J connectivity index is 0. The van der Waals surface area contributed by atoms with Crippen molar-refractivity contribution in [1.29, 1.82) is 0 Å². The molecule has 0 saturated carbocycles. The fourth-order valence-corrected chi connectivity index (χ4v) is 0.385. The van der Waals surface area contributed by atoms with Gasteiger partial charge in [0.05, 0.1) is 0 Å². The van der Waals surface area contributed by atoms with E-state index in [0.29, 0.717) is 0 Å². The molecule has 0 aliphatic rings. The summed E-state index contributed by atoms with van der Waals surface area (Å²) < 4.78 is 8.48. The maximum atomic E-state index is 8.48. The predicted octanol–water partition coefficient (Wildman–Crippen LogP) is 0.0485. The molecule has 3 nitrogen and oxygen atoms in total. The molecule has 0 spiro atoms. The van der Waals surface area contributed by atoms with E-state index < -0.39 is 8.25 Å². The van der Waals surface area contributed by atoms with Crippen LogP contribution in [0.1, 0.15) is 0 Å². The predicted molar refractivity (Wildman–Crippen MR) is 34.0 cm³/mol. The summed E-state index contributed by atoms with van der Waals surface area (Å²) in [6.07, 6.45) is 0. The van der Waals surface area contributed by atoms with Gasteiger partial charge in [0.1, 0.15) is 0 Å². The number of hydrogen-bond donors (Lipinski definition) is 0. The Morgan fingerprint density at radius 3 is 1.00 bits per heavy atom. The van der Waals surface area contributed by atoms with Gasteiger partial charge in [0, 0.05) is 0 Å². The molecule has 0 aliphatic carbocycles. The molecular formula is C6H6O3PZn+. The van der Waals surface area contributed by atoms with Crippen LogP contribution in [0.4, 0.5) is 0 Å². The Labute approximate surface area is 78.8 Å². The molecule has 1 aromatic rings. The topological polar surface area (TPSA) is 63.2 Å². The van der Waals surface area contributed by atoms with E-state index in [1.54, 1.807) is 0 Å². The van der Waals surface area contributed by atoms with E-state index >= 15 is 0 Å². The van der Waals surface area contributed by atoms with Gasteiger partial charge >= 0.3 is 19.5 Å².